The molecule has 0 saturated carbocycles. The summed E-state index contributed by atoms with van der Waals surface area (Å²) in [4.78, 5) is 65.8. The second-order valence-electron chi connectivity index (χ2n) is 11.9. The molecule has 17 heteroatoms. The molecule has 2 unspecified atom stereocenters. The lowest BCUT2D eigenvalue weighted by molar-refractivity contribution is -0.165. The number of hydrogen-bond acceptors (Lipinski definition) is 6. The molecule has 0 aromatic heterocycles. The van der Waals surface area contributed by atoms with Gasteiger partial charge in [-0.25, -0.2) is 0 Å². The lowest BCUT2D eigenvalue weighted by atomic mass is 9.94. The smallest absolute Gasteiger partial charge is 0.405 e. The largest absolute Gasteiger partial charge is 0.497 e. The first-order valence-electron chi connectivity index (χ1n) is 15.6. The van der Waals surface area contributed by atoms with Crippen LogP contribution in [0.3, 0.4) is 0 Å². The highest BCUT2D eigenvalue weighted by molar-refractivity contribution is 6.31. The third-order valence-electron chi connectivity index (χ3n) is 7.52. The van der Waals surface area contributed by atoms with Crippen LogP contribution in [0.4, 0.5) is 22.0 Å². The van der Waals surface area contributed by atoms with Crippen LogP contribution >= 0.6 is 23.2 Å². The SMILES string of the molecule is COc1ccc(C(NC(=O)C(Cc2cccc(Cl)c2)NC(=O)Cc2cccc(Cl)c2)C(=O)N[C@H](C(=O)C(F)(F)C(=O)NCC(F)(F)F)C(C)C)cc1. The van der Waals surface area contributed by atoms with Crippen molar-refractivity contribution in [2.75, 3.05) is 13.7 Å². The number of methoxy groups -OCH3 is 1. The van der Waals surface area contributed by atoms with Gasteiger partial charge >= 0.3 is 12.1 Å². The summed E-state index contributed by atoms with van der Waals surface area (Å²) in [6.45, 7) is 0.388. The van der Waals surface area contributed by atoms with Crippen LogP contribution in [0.1, 0.15) is 36.6 Å². The highest BCUT2D eigenvalue weighted by atomic mass is 35.5. The van der Waals surface area contributed by atoms with Gasteiger partial charge in [0.2, 0.25) is 23.5 Å². The van der Waals surface area contributed by atoms with Gasteiger partial charge in [0, 0.05) is 16.5 Å². The number of Topliss-reactive ketones (excluding diaryl/α,β-unsaturated/α-hetero) is 1. The quantitative estimate of drug-likeness (QED) is 0.117. The Balaban J connectivity index is 1.94. The molecule has 0 saturated heterocycles. The zero-order valence-corrected chi connectivity index (χ0v) is 29.5. The zero-order chi connectivity index (χ0) is 38.8. The number of halogens is 7. The van der Waals surface area contributed by atoms with Crippen molar-refractivity contribution in [2.24, 2.45) is 5.92 Å². The molecule has 0 radical (unpaired) electrons. The maximum absolute atomic E-state index is 14.9. The topological polar surface area (TPSA) is 143 Å². The Morgan fingerprint density at radius 2 is 1.35 bits per heavy atom. The van der Waals surface area contributed by atoms with Crippen LogP contribution in [0.15, 0.2) is 72.8 Å². The zero-order valence-electron chi connectivity index (χ0n) is 28.0. The lowest BCUT2D eigenvalue weighted by Gasteiger charge is -2.28. The van der Waals surface area contributed by atoms with E-state index in [-0.39, 0.29) is 18.4 Å². The van der Waals surface area contributed by atoms with Crippen molar-refractivity contribution in [3.05, 3.63) is 99.5 Å². The fourth-order valence-electron chi connectivity index (χ4n) is 4.90. The summed E-state index contributed by atoms with van der Waals surface area (Å²) in [5, 5.41) is 8.95. The van der Waals surface area contributed by atoms with Crippen LogP contribution in [0.2, 0.25) is 10.0 Å². The number of ether oxygens (including phenoxy) is 1. The normalized spacial score (nSPS) is 13.4. The summed E-state index contributed by atoms with van der Waals surface area (Å²) in [7, 11) is 1.37. The van der Waals surface area contributed by atoms with E-state index < -0.39 is 72.1 Å². The van der Waals surface area contributed by atoms with Crippen molar-refractivity contribution in [2.45, 2.75) is 56.9 Å². The molecule has 0 heterocycles. The Bertz CT molecular complexity index is 1760. The minimum atomic E-state index is -5.04. The fraction of sp³-hybridized carbons (Fsp3) is 0.343. The number of benzene rings is 3. The number of alkyl halides is 5. The van der Waals surface area contributed by atoms with Crippen molar-refractivity contribution in [3.8, 4) is 5.75 Å². The van der Waals surface area contributed by atoms with Crippen LogP contribution in [-0.4, -0.2) is 67.2 Å². The van der Waals surface area contributed by atoms with E-state index in [9.17, 15) is 45.9 Å². The second-order valence-corrected chi connectivity index (χ2v) is 12.8. The Morgan fingerprint density at radius 3 is 1.88 bits per heavy atom. The Kier molecular flexibility index (Phi) is 14.5. The van der Waals surface area contributed by atoms with Crippen LogP contribution in [-0.2, 0) is 36.8 Å². The average Bonchev–Trinajstić information content (AvgIpc) is 3.07. The van der Waals surface area contributed by atoms with Gasteiger partial charge in [-0.15, -0.1) is 0 Å². The van der Waals surface area contributed by atoms with Gasteiger partial charge in [-0.1, -0.05) is 73.4 Å². The minimum absolute atomic E-state index is 0.0862. The summed E-state index contributed by atoms with van der Waals surface area (Å²) in [5.74, 6) is -13.1. The third-order valence-corrected chi connectivity index (χ3v) is 7.99. The first kappa shape index (κ1) is 41.7. The first-order chi connectivity index (χ1) is 24.3. The summed E-state index contributed by atoms with van der Waals surface area (Å²) in [6, 6.07) is 13.4. The van der Waals surface area contributed by atoms with Gasteiger partial charge in [0.25, 0.3) is 5.91 Å². The number of rotatable bonds is 16. The summed E-state index contributed by atoms with van der Waals surface area (Å²) in [5.41, 5.74) is 1.15. The number of hydrogen-bond donors (Lipinski definition) is 4. The number of amides is 4. The van der Waals surface area contributed by atoms with Gasteiger partial charge in [0.15, 0.2) is 0 Å². The monoisotopic (exact) mass is 772 g/mol. The Hall–Kier alpha value is -4.76. The molecule has 3 rings (SSSR count). The molecule has 52 heavy (non-hydrogen) atoms. The van der Waals surface area contributed by atoms with Gasteiger partial charge in [0.05, 0.1) is 19.6 Å². The van der Waals surface area contributed by atoms with Crippen molar-refractivity contribution >= 4 is 52.6 Å². The van der Waals surface area contributed by atoms with E-state index in [4.69, 9.17) is 27.9 Å². The summed E-state index contributed by atoms with van der Waals surface area (Å²) in [6.07, 6.45) is -5.33. The van der Waals surface area contributed by atoms with Crippen molar-refractivity contribution in [3.63, 3.8) is 0 Å². The van der Waals surface area contributed by atoms with E-state index in [2.05, 4.69) is 16.0 Å². The van der Waals surface area contributed by atoms with Crippen LogP contribution in [0, 0.1) is 5.92 Å². The summed E-state index contributed by atoms with van der Waals surface area (Å²) < 4.78 is 72.6. The average molecular weight is 774 g/mol. The highest BCUT2D eigenvalue weighted by Crippen LogP contribution is 2.24. The molecule has 3 atom stereocenters. The predicted molar refractivity (Wildman–Crippen MR) is 182 cm³/mol. The van der Waals surface area contributed by atoms with Crippen molar-refractivity contribution < 1.29 is 50.7 Å². The molecule has 3 aromatic carbocycles. The summed E-state index contributed by atoms with van der Waals surface area (Å²) >= 11 is 12.2. The molecule has 0 spiro atoms. The molecule has 10 nitrogen and oxygen atoms in total. The minimum Gasteiger partial charge on any atom is -0.497 e. The standard InChI is InChI=1S/C35H35Cl2F5N4O6/c1-19(2)28(30(48)35(41,42)33(51)43-18-34(38,39)40)45-32(50)29(22-10-12-25(52-3)13-11-22)46-31(49)26(16-20-6-4-8-23(36)14-20)44-27(47)17-21-7-5-9-24(37)15-21/h4-15,19,26,28-29H,16-18H2,1-3H3,(H,43,51)(H,44,47)(H,45,50)(H,46,49)/t26?,28-,29?/m0/s1. The molecular formula is C35H35Cl2F5N4O6. The van der Waals surface area contributed by atoms with Crippen molar-refractivity contribution in [1.82, 2.24) is 21.3 Å². The van der Waals surface area contributed by atoms with Gasteiger partial charge in [-0.3, -0.25) is 24.0 Å². The fourth-order valence-corrected chi connectivity index (χ4v) is 5.32. The first-order valence-corrected chi connectivity index (χ1v) is 16.4. The molecule has 4 amide bonds. The van der Waals surface area contributed by atoms with Crippen LogP contribution in [0.25, 0.3) is 0 Å². The Labute approximate surface area is 305 Å². The maximum atomic E-state index is 14.9. The second kappa shape index (κ2) is 18.1. The molecule has 0 aliphatic heterocycles. The van der Waals surface area contributed by atoms with E-state index in [0.29, 0.717) is 26.9 Å². The molecule has 0 bridgehead atoms. The van der Waals surface area contributed by atoms with Gasteiger partial charge in [-0.2, -0.15) is 22.0 Å². The lowest BCUT2D eigenvalue weighted by Crippen LogP contribution is -2.58. The van der Waals surface area contributed by atoms with Gasteiger partial charge in [0.1, 0.15) is 24.4 Å². The van der Waals surface area contributed by atoms with Crippen molar-refractivity contribution in [1.29, 1.82) is 0 Å². The number of ketones is 1. The molecular weight excluding hydrogens is 738 g/mol. The number of nitrogens with one attached hydrogen (secondary N) is 4. The van der Waals surface area contributed by atoms with E-state index >= 15 is 0 Å². The molecule has 4 N–H and O–H groups in total. The molecule has 0 fully saturated rings. The Morgan fingerprint density at radius 1 is 0.769 bits per heavy atom. The predicted octanol–water partition coefficient (Wildman–Crippen LogP) is 5.15. The van der Waals surface area contributed by atoms with Crippen LogP contribution in [0.5, 0.6) is 5.75 Å². The van der Waals surface area contributed by atoms with E-state index in [1.165, 1.54) is 45.2 Å². The molecule has 280 valence electrons. The number of carbonyl (C=O) groups is 5. The van der Waals surface area contributed by atoms with E-state index in [0.717, 1.165) is 5.32 Å². The van der Waals surface area contributed by atoms with Crippen LogP contribution < -0.4 is 26.0 Å². The molecule has 0 aliphatic carbocycles. The number of carbonyl (C=O) groups excluding carboxylic acids is 5. The highest BCUT2D eigenvalue weighted by Gasteiger charge is 2.52. The maximum Gasteiger partial charge on any atom is 0.405 e. The van der Waals surface area contributed by atoms with Gasteiger partial charge < -0.3 is 26.0 Å². The third kappa shape index (κ3) is 12.2. The molecule has 0 aliphatic rings. The van der Waals surface area contributed by atoms with E-state index in [1.807, 2.05) is 0 Å². The van der Waals surface area contributed by atoms with Gasteiger partial charge in [-0.05, 0) is 59.0 Å². The molecule has 3 aromatic rings. The van der Waals surface area contributed by atoms with E-state index in [1.54, 1.807) is 48.5 Å².